The van der Waals surface area contributed by atoms with Gasteiger partial charge in [-0.3, -0.25) is 19.3 Å². The number of carbonyl (C=O) groups excluding carboxylic acids is 4. The molecule has 1 aliphatic heterocycles. The van der Waals surface area contributed by atoms with E-state index in [2.05, 4.69) is 5.32 Å². The SMILES string of the molecule is CCCC[C@H](C(=O)OCC(=O)Nc1cc(C(F)(F)F)ccc1Cl)N1C(=O)c2c(Cl)c(Cl)c(Cl)c(Cl)c2C1=O. The molecule has 1 N–H and O–H groups in total. The van der Waals surface area contributed by atoms with Crippen LogP contribution in [0.15, 0.2) is 18.2 Å². The zero-order chi connectivity index (χ0) is 28.5. The van der Waals surface area contributed by atoms with E-state index in [1.807, 2.05) is 0 Å². The Kier molecular flexibility index (Phi) is 9.47. The van der Waals surface area contributed by atoms with Crippen LogP contribution in [0.3, 0.4) is 0 Å². The monoisotopic (exact) mass is 632 g/mol. The highest BCUT2D eigenvalue weighted by atomic mass is 35.5. The molecule has 1 aliphatic rings. The van der Waals surface area contributed by atoms with Crippen LogP contribution in [0.1, 0.15) is 52.5 Å². The van der Waals surface area contributed by atoms with Crippen molar-refractivity contribution in [2.24, 2.45) is 0 Å². The first-order chi connectivity index (χ1) is 17.7. The Balaban J connectivity index is 1.80. The smallest absolute Gasteiger partial charge is 0.416 e. The second-order valence-electron chi connectivity index (χ2n) is 7.99. The zero-order valence-corrected chi connectivity index (χ0v) is 22.9. The molecule has 0 radical (unpaired) electrons. The molecule has 38 heavy (non-hydrogen) atoms. The molecule has 0 unspecified atom stereocenters. The van der Waals surface area contributed by atoms with Crippen molar-refractivity contribution in [3.05, 3.63) is 60.0 Å². The average molecular weight is 635 g/mol. The normalized spacial score (nSPS) is 14.0. The zero-order valence-electron chi connectivity index (χ0n) is 19.1. The largest absolute Gasteiger partial charge is 0.454 e. The standard InChI is InChI=1S/C23H16Cl5F3N2O5/c1-2-3-4-12(33-20(35)14-15(21(33)36)17(26)19(28)18(27)16(14)25)22(37)38-8-13(34)32-11-7-9(23(29,30)31)5-6-10(11)24/h5-7,12H,2-4,8H2,1H3,(H,32,34)/t12-/m1/s1. The Bertz CT molecular complexity index is 1290. The number of anilines is 1. The Labute approximate surface area is 239 Å². The molecule has 7 nitrogen and oxygen atoms in total. The van der Waals surface area contributed by atoms with Gasteiger partial charge in [0.25, 0.3) is 17.7 Å². The molecule has 0 fully saturated rings. The van der Waals surface area contributed by atoms with E-state index < -0.39 is 48.1 Å². The van der Waals surface area contributed by atoms with Crippen molar-refractivity contribution in [2.75, 3.05) is 11.9 Å². The van der Waals surface area contributed by atoms with Crippen molar-refractivity contribution < 1.29 is 37.1 Å². The number of amides is 3. The number of halogens is 8. The van der Waals surface area contributed by atoms with Gasteiger partial charge in [0, 0.05) is 0 Å². The molecule has 3 amide bonds. The minimum Gasteiger partial charge on any atom is -0.454 e. The van der Waals surface area contributed by atoms with E-state index in [1.54, 1.807) is 6.92 Å². The number of esters is 1. The predicted octanol–water partition coefficient (Wildman–Crippen LogP) is 7.31. The van der Waals surface area contributed by atoms with Gasteiger partial charge in [-0.05, 0) is 24.6 Å². The van der Waals surface area contributed by atoms with E-state index in [0.717, 1.165) is 12.1 Å². The fraction of sp³-hybridized carbons (Fsp3) is 0.304. The third kappa shape index (κ3) is 5.99. The number of fused-ring (bicyclic) bond motifs is 1. The number of benzene rings is 2. The molecule has 0 spiro atoms. The second kappa shape index (κ2) is 11.9. The number of nitrogens with zero attached hydrogens (tertiary/aromatic N) is 1. The fourth-order valence-corrected chi connectivity index (χ4v) is 4.80. The number of imide groups is 1. The summed E-state index contributed by atoms with van der Waals surface area (Å²) in [6.07, 6.45) is -3.77. The third-order valence-corrected chi connectivity index (χ3v) is 7.59. The number of carbonyl (C=O) groups is 4. The van der Waals surface area contributed by atoms with Crippen molar-refractivity contribution in [3.63, 3.8) is 0 Å². The van der Waals surface area contributed by atoms with Gasteiger partial charge < -0.3 is 10.1 Å². The third-order valence-electron chi connectivity index (χ3n) is 5.46. The van der Waals surface area contributed by atoms with Gasteiger partial charge in [0.15, 0.2) is 6.61 Å². The summed E-state index contributed by atoms with van der Waals surface area (Å²) in [4.78, 5) is 52.2. The van der Waals surface area contributed by atoms with Crippen LogP contribution < -0.4 is 5.32 Å². The molecule has 0 aliphatic carbocycles. The predicted molar refractivity (Wildman–Crippen MR) is 136 cm³/mol. The summed E-state index contributed by atoms with van der Waals surface area (Å²) in [5.41, 5.74) is -2.08. The number of rotatable bonds is 8. The molecule has 0 bridgehead atoms. The summed E-state index contributed by atoms with van der Waals surface area (Å²) in [6, 6.07) is 0.826. The van der Waals surface area contributed by atoms with Gasteiger partial charge >= 0.3 is 12.1 Å². The first-order valence-corrected chi connectivity index (χ1v) is 12.7. The number of hydrogen-bond acceptors (Lipinski definition) is 5. The molecule has 1 heterocycles. The van der Waals surface area contributed by atoms with Gasteiger partial charge in [0.05, 0.1) is 47.5 Å². The summed E-state index contributed by atoms with van der Waals surface area (Å²) in [7, 11) is 0. The van der Waals surface area contributed by atoms with E-state index in [1.165, 1.54) is 0 Å². The molecular formula is C23H16Cl5F3N2O5. The lowest BCUT2D eigenvalue weighted by molar-refractivity contribution is -0.151. The topological polar surface area (TPSA) is 92.8 Å². The maximum atomic E-state index is 13.1. The van der Waals surface area contributed by atoms with Crippen LogP contribution in [0.25, 0.3) is 0 Å². The maximum Gasteiger partial charge on any atom is 0.416 e. The van der Waals surface area contributed by atoms with Gasteiger partial charge in [0.2, 0.25) is 0 Å². The molecule has 204 valence electrons. The lowest BCUT2D eigenvalue weighted by Gasteiger charge is -2.24. The van der Waals surface area contributed by atoms with E-state index in [0.29, 0.717) is 23.8 Å². The van der Waals surface area contributed by atoms with Crippen molar-refractivity contribution in [1.82, 2.24) is 4.90 Å². The molecule has 0 saturated carbocycles. The molecule has 1 atom stereocenters. The first kappa shape index (κ1) is 30.3. The highest BCUT2D eigenvalue weighted by Gasteiger charge is 2.47. The molecule has 0 aromatic heterocycles. The highest BCUT2D eigenvalue weighted by molar-refractivity contribution is 6.55. The van der Waals surface area contributed by atoms with Crippen LogP contribution in [0.2, 0.25) is 25.1 Å². The van der Waals surface area contributed by atoms with Crippen molar-refractivity contribution in [3.8, 4) is 0 Å². The molecular weight excluding hydrogens is 619 g/mol. The average Bonchev–Trinajstić information content (AvgIpc) is 3.11. The number of ether oxygens (including phenoxy) is 1. The van der Waals surface area contributed by atoms with Crippen molar-refractivity contribution in [2.45, 2.75) is 38.4 Å². The van der Waals surface area contributed by atoms with E-state index in [4.69, 9.17) is 62.7 Å². The summed E-state index contributed by atoms with van der Waals surface area (Å²) in [5, 5.41) is 0.795. The molecule has 2 aromatic carbocycles. The molecule has 2 aromatic rings. The van der Waals surface area contributed by atoms with E-state index in [9.17, 15) is 32.3 Å². The van der Waals surface area contributed by atoms with Crippen LogP contribution in [0.5, 0.6) is 0 Å². The maximum absolute atomic E-state index is 13.1. The minimum atomic E-state index is -4.68. The van der Waals surface area contributed by atoms with Crippen LogP contribution in [-0.4, -0.2) is 41.2 Å². The van der Waals surface area contributed by atoms with Crippen molar-refractivity contribution >= 4 is 87.4 Å². The lowest BCUT2D eigenvalue weighted by Crippen LogP contribution is -2.46. The Morgan fingerprint density at radius 2 is 1.53 bits per heavy atom. The quantitative estimate of drug-likeness (QED) is 0.142. The fourth-order valence-electron chi connectivity index (χ4n) is 3.62. The summed E-state index contributed by atoms with van der Waals surface area (Å²) in [5.74, 6) is -4.06. The first-order valence-electron chi connectivity index (χ1n) is 10.8. The van der Waals surface area contributed by atoms with Crippen molar-refractivity contribution in [1.29, 1.82) is 0 Å². The van der Waals surface area contributed by atoms with Gasteiger partial charge in [-0.1, -0.05) is 77.8 Å². The van der Waals surface area contributed by atoms with Gasteiger partial charge in [-0.2, -0.15) is 13.2 Å². The van der Waals surface area contributed by atoms with Crippen LogP contribution in [0, 0.1) is 0 Å². The number of alkyl halides is 3. The van der Waals surface area contributed by atoms with Gasteiger partial charge in [-0.15, -0.1) is 0 Å². The molecule has 3 rings (SSSR count). The Morgan fingerprint density at radius 3 is 2.03 bits per heavy atom. The number of hydrogen-bond donors (Lipinski definition) is 1. The summed E-state index contributed by atoms with van der Waals surface area (Å²) >= 11 is 30.2. The van der Waals surface area contributed by atoms with Crippen LogP contribution >= 0.6 is 58.0 Å². The minimum absolute atomic E-state index is 0.0292. The second-order valence-corrected chi connectivity index (χ2v) is 9.91. The Hall–Kier alpha value is -2.24. The Morgan fingerprint density at radius 1 is 0.974 bits per heavy atom. The van der Waals surface area contributed by atoms with Gasteiger partial charge in [0.1, 0.15) is 6.04 Å². The molecule has 15 heteroatoms. The van der Waals surface area contributed by atoms with Crippen LogP contribution in [0.4, 0.5) is 18.9 Å². The highest BCUT2D eigenvalue weighted by Crippen LogP contribution is 2.45. The number of nitrogens with one attached hydrogen (secondary N) is 1. The molecule has 0 saturated heterocycles. The van der Waals surface area contributed by atoms with E-state index >= 15 is 0 Å². The number of unbranched alkanes of at least 4 members (excludes halogenated alkanes) is 1. The van der Waals surface area contributed by atoms with E-state index in [-0.39, 0.29) is 48.3 Å². The lowest BCUT2D eigenvalue weighted by atomic mass is 10.1. The van der Waals surface area contributed by atoms with Gasteiger partial charge in [-0.25, -0.2) is 4.79 Å². The summed E-state index contributed by atoms with van der Waals surface area (Å²) < 4.78 is 43.9. The van der Waals surface area contributed by atoms with Crippen LogP contribution in [-0.2, 0) is 20.5 Å². The summed E-state index contributed by atoms with van der Waals surface area (Å²) in [6.45, 7) is 0.848.